The summed E-state index contributed by atoms with van der Waals surface area (Å²) in [5.74, 6) is 0.905. The van der Waals surface area contributed by atoms with Crippen LogP contribution in [-0.4, -0.2) is 23.7 Å². The molecule has 0 radical (unpaired) electrons. The minimum absolute atomic E-state index is 0.153. The predicted molar refractivity (Wildman–Crippen MR) is 63.2 cm³/mol. The number of aromatic nitrogens is 1. The van der Waals surface area contributed by atoms with Crippen LogP contribution in [0.1, 0.15) is 26.3 Å². The summed E-state index contributed by atoms with van der Waals surface area (Å²) in [4.78, 5) is 4.24. The van der Waals surface area contributed by atoms with Crippen molar-refractivity contribution in [2.24, 2.45) is 0 Å². The number of ether oxygens (including phenoxy) is 1. The molecule has 15 heavy (non-hydrogen) atoms. The van der Waals surface area contributed by atoms with Crippen LogP contribution in [0.4, 0.5) is 5.82 Å². The lowest BCUT2D eigenvalue weighted by Crippen LogP contribution is -2.33. The van der Waals surface area contributed by atoms with Crippen LogP contribution in [0.15, 0.2) is 18.3 Å². The van der Waals surface area contributed by atoms with Gasteiger partial charge in [0, 0.05) is 19.3 Å². The van der Waals surface area contributed by atoms with Crippen LogP contribution in [0.3, 0.4) is 0 Å². The number of nitrogens with zero attached hydrogens (tertiary/aromatic N) is 1. The van der Waals surface area contributed by atoms with Crippen molar-refractivity contribution in [3.8, 4) is 0 Å². The van der Waals surface area contributed by atoms with E-state index in [0.29, 0.717) is 0 Å². The summed E-state index contributed by atoms with van der Waals surface area (Å²) in [6.07, 6.45) is 1.81. The summed E-state index contributed by atoms with van der Waals surface area (Å²) >= 11 is 0. The Labute approximate surface area is 91.9 Å². The lowest BCUT2D eigenvalue weighted by atomic mass is 10.1. The molecule has 1 heterocycles. The molecule has 0 spiro atoms. The second-order valence-electron chi connectivity index (χ2n) is 4.26. The topological polar surface area (TPSA) is 34.1 Å². The highest BCUT2D eigenvalue weighted by atomic mass is 16.5. The van der Waals surface area contributed by atoms with Gasteiger partial charge in [-0.2, -0.15) is 0 Å². The van der Waals surface area contributed by atoms with Crippen molar-refractivity contribution in [3.05, 3.63) is 23.9 Å². The minimum Gasteiger partial charge on any atom is -0.374 e. The summed E-state index contributed by atoms with van der Waals surface area (Å²) in [5.41, 5.74) is 1.06. The van der Waals surface area contributed by atoms with Crippen LogP contribution in [0.5, 0.6) is 0 Å². The number of hydrogen-bond acceptors (Lipinski definition) is 3. The molecule has 0 atom stereocenters. The highest BCUT2D eigenvalue weighted by Crippen LogP contribution is 2.11. The Kier molecular flexibility index (Phi) is 4.09. The lowest BCUT2D eigenvalue weighted by Gasteiger charge is -2.25. The smallest absolute Gasteiger partial charge is 0.126 e. The van der Waals surface area contributed by atoms with Gasteiger partial charge in [-0.25, -0.2) is 4.98 Å². The fourth-order valence-corrected chi connectivity index (χ4v) is 1.38. The monoisotopic (exact) mass is 208 g/mol. The van der Waals surface area contributed by atoms with Gasteiger partial charge >= 0.3 is 0 Å². The number of pyridine rings is 1. The third kappa shape index (κ3) is 4.30. The van der Waals surface area contributed by atoms with Crippen LogP contribution in [0, 0.1) is 6.92 Å². The van der Waals surface area contributed by atoms with Crippen LogP contribution in [-0.2, 0) is 4.74 Å². The molecule has 1 aromatic rings. The van der Waals surface area contributed by atoms with Gasteiger partial charge in [-0.05, 0) is 45.4 Å². The quantitative estimate of drug-likeness (QED) is 0.807. The first-order valence-electron chi connectivity index (χ1n) is 5.34. The van der Waals surface area contributed by atoms with Crippen LogP contribution in [0.2, 0.25) is 0 Å². The first kappa shape index (κ1) is 12.0. The first-order valence-corrected chi connectivity index (χ1v) is 5.34. The molecule has 0 aliphatic carbocycles. The second kappa shape index (κ2) is 5.12. The van der Waals surface area contributed by atoms with Gasteiger partial charge in [-0.3, -0.25) is 0 Å². The van der Waals surface area contributed by atoms with E-state index in [2.05, 4.69) is 31.1 Å². The van der Waals surface area contributed by atoms with Crippen molar-refractivity contribution in [1.82, 2.24) is 4.98 Å². The van der Waals surface area contributed by atoms with Crippen LogP contribution in [0.25, 0.3) is 0 Å². The van der Waals surface area contributed by atoms with Gasteiger partial charge in [0.05, 0.1) is 5.60 Å². The summed E-state index contributed by atoms with van der Waals surface area (Å²) in [5, 5.41) is 3.27. The van der Waals surface area contributed by atoms with E-state index in [1.54, 1.807) is 0 Å². The first-order chi connectivity index (χ1) is 7.03. The van der Waals surface area contributed by atoms with Crippen molar-refractivity contribution >= 4 is 5.82 Å². The van der Waals surface area contributed by atoms with Gasteiger partial charge in [0.2, 0.25) is 0 Å². The Bertz CT molecular complexity index is 310. The molecule has 3 heteroatoms. The molecule has 0 aliphatic rings. The van der Waals surface area contributed by atoms with Crippen LogP contribution >= 0.6 is 0 Å². The largest absolute Gasteiger partial charge is 0.374 e. The summed E-state index contributed by atoms with van der Waals surface area (Å²) < 4.78 is 5.59. The van der Waals surface area contributed by atoms with E-state index in [1.807, 2.05) is 25.3 Å². The van der Waals surface area contributed by atoms with Gasteiger partial charge in [0.25, 0.3) is 0 Å². The number of nitrogens with one attached hydrogen (secondary N) is 1. The van der Waals surface area contributed by atoms with E-state index in [9.17, 15) is 0 Å². The SMILES string of the molecule is CCOC(C)(C)CNc1cc(C)ccn1. The Morgan fingerprint density at radius 3 is 2.80 bits per heavy atom. The fraction of sp³-hybridized carbons (Fsp3) is 0.583. The fourth-order valence-electron chi connectivity index (χ4n) is 1.38. The predicted octanol–water partition coefficient (Wildman–Crippen LogP) is 2.62. The molecule has 84 valence electrons. The summed E-state index contributed by atoms with van der Waals surface area (Å²) in [6.45, 7) is 9.69. The third-order valence-electron chi connectivity index (χ3n) is 2.15. The van der Waals surface area contributed by atoms with E-state index in [-0.39, 0.29) is 5.60 Å². The van der Waals surface area contributed by atoms with Gasteiger partial charge in [-0.15, -0.1) is 0 Å². The number of hydrogen-bond donors (Lipinski definition) is 1. The maximum atomic E-state index is 5.59. The maximum Gasteiger partial charge on any atom is 0.126 e. The zero-order valence-electron chi connectivity index (χ0n) is 10.0. The van der Waals surface area contributed by atoms with Gasteiger partial charge in [-0.1, -0.05) is 0 Å². The Morgan fingerprint density at radius 1 is 1.47 bits per heavy atom. The Balaban J connectivity index is 2.49. The van der Waals surface area contributed by atoms with Crippen molar-refractivity contribution in [1.29, 1.82) is 0 Å². The van der Waals surface area contributed by atoms with E-state index >= 15 is 0 Å². The molecule has 0 saturated carbocycles. The minimum atomic E-state index is -0.153. The Hall–Kier alpha value is -1.09. The standard InChI is InChI=1S/C12H20N2O/c1-5-15-12(3,4)9-14-11-8-10(2)6-7-13-11/h6-8H,5,9H2,1-4H3,(H,13,14). The van der Waals surface area contributed by atoms with Crippen molar-refractivity contribution in [3.63, 3.8) is 0 Å². The number of rotatable bonds is 5. The van der Waals surface area contributed by atoms with E-state index in [0.717, 1.165) is 19.0 Å². The number of aryl methyl sites for hydroxylation is 1. The van der Waals surface area contributed by atoms with Crippen LogP contribution < -0.4 is 5.32 Å². The molecular weight excluding hydrogens is 188 g/mol. The molecule has 3 nitrogen and oxygen atoms in total. The molecule has 0 fully saturated rings. The summed E-state index contributed by atoms with van der Waals surface area (Å²) in [6, 6.07) is 4.01. The van der Waals surface area contributed by atoms with Gasteiger partial charge < -0.3 is 10.1 Å². The zero-order chi connectivity index (χ0) is 11.3. The maximum absolute atomic E-state index is 5.59. The average Bonchev–Trinajstić information content (AvgIpc) is 2.15. The van der Waals surface area contributed by atoms with Gasteiger partial charge in [0.1, 0.15) is 5.82 Å². The number of anilines is 1. The van der Waals surface area contributed by atoms with Gasteiger partial charge in [0.15, 0.2) is 0 Å². The lowest BCUT2D eigenvalue weighted by molar-refractivity contribution is 0.000642. The highest BCUT2D eigenvalue weighted by Gasteiger charge is 2.16. The molecule has 1 N–H and O–H groups in total. The molecule has 0 saturated heterocycles. The van der Waals surface area contributed by atoms with Crippen molar-refractivity contribution < 1.29 is 4.74 Å². The van der Waals surface area contributed by atoms with E-state index < -0.39 is 0 Å². The zero-order valence-corrected chi connectivity index (χ0v) is 10.0. The Morgan fingerprint density at radius 2 is 2.20 bits per heavy atom. The molecule has 0 amide bonds. The molecule has 0 unspecified atom stereocenters. The molecule has 1 rings (SSSR count). The normalized spacial score (nSPS) is 11.5. The molecule has 0 aliphatic heterocycles. The van der Waals surface area contributed by atoms with E-state index in [1.165, 1.54) is 5.56 Å². The van der Waals surface area contributed by atoms with E-state index in [4.69, 9.17) is 4.74 Å². The molecule has 0 aromatic carbocycles. The average molecular weight is 208 g/mol. The second-order valence-corrected chi connectivity index (χ2v) is 4.26. The highest BCUT2D eigenvalue weighted by molar-refractivity contribution is 5.37. The van der Waals surface area contributed by atoms with Crippen molar-refractivity contribution in [2.45, 2.75) is 33.3 Å². The summed E-state index contributed by atoms with van der Waals surface area (Å²) in [7, 11) is 0. The molecule has 0 bridgehead atoms. The molecule has 1 aromatic heterocycles. The van der Waals surface area contributed by atoms with Crippen molar-refractivity contribution in [2.75, 3.05) is 18.5 Å². The third-order valence-corrected chi connectivity index (χ3v) is 2.15. The molecular formula is C12H20N2O.